The highest BCUT2D eigenvalue weighted by molar-refractivity contribution is 5.88. The maximum absolute atomic E-state index is 14.6. The lowest BCUT2D eigenvalue weighted by atomic mass is 9.74. The number of hydrogen-bond donors (Lipinski definition) is 2. The summed E-state index contributed by atoms with van der Waals surface area (Å²) in [5.74, 6) is -2.48. The number of para-hydroxylation sites is 1. The number of fused-ring (bicyclic) bond motifs is 2. The molecule has 0 bridgehead atoms. The van der Waals surface area contributed by atoms with Gasteiger partial charge in [-0.15, -0.1) is 5.10 Å². The highest BCUT2D eigenvalue weighted by Crippen LogP contribution is 2.42. The number of benzene rings is 1. The molecule has 0 unspecified atom stereocenters. The van der Waals surface area contributed by atoms with Crippen molar-refractivity contribution < 1.29 is 43.2 Å². The van der Waals surface area contributed by atoms with Crippen molar-refractivity contribution in [2.75, 3.05) is 27.7 Å². The van der Waals surface area contributed by atoms with Gasteiger partial charge in [0.05, 0.1) is 23.3 Å². The number of methoxy groups -OCH3 is 1. The van der Waals surface area contributed by atoms with Gasteiger partial charge in [0.2, 0.25) is 0 Å². The molecule has 0 radical (unpaired) electrons. The first-order valence-corrected chi connectivity index (χ1v) is 19.6. The summed E-state index contributed by atoms with van der Waals surface area (Å²) in [6, 6.07) is 6.66. The van der Waals surface area contributed by atoms with Crippen molar-refractivity contribution in [3.05, 3.63) is 35.9 Å². The molecular formula is C40H62N6O9. The number of hydrogen-bond acceptors (Lipinski definition) is 13. The van der Waals surface area contributed by atoms with Crippen molar-refractivity contribution in [1.82, 2.24) is 30.3 Å². The number of rotatable bonds is 10. The Hall–Kier alpha value is -3.47. The fraction of sp³-hybridized carbons (Fsp3) is 0.725. The molecule has 15 nitrogen and oxygen atoms in total. The zero-order valence-corrected chi connectivity index (χ0v) is 34.4. The molecular weight excluding hydrogens is 708 g/mol. The van der Waals surface area contributed by atoms with Crippen LogP contribution in [0, 0.1) is 17.8 Å². The van der Waals surface area contributed by atoms with Crippen LogP contribution in [0.3, 0.4) is 0 Å². The van der Waals surface area contributed by atoms with E-state index in [1.165, 1.54) is 5.01 Å². The number of cyclic esters (lactones) is 1. The van der Waals surface area contributed by atoms with Gasteiger partial charge in [0.15, 0.2) is 11.9 Å². The Balaban J connectivity index is 1.46. The molecule has 2 saturated heterocycles. The predicted molar refractivity (Wildman–Crippen MR) is 204 cm³/mol. The molecule has 3 aliphatic heterocycles. The number of carbonyl (C=O) groups excluding carboxylic acids is 3. The normalized spacial score (nSPS) is 37.7. The maximum atomic E-state index is 14.6. The summed E-state index contributed by atoms with van der Waals surface area (Å²) < 4.78 is 33.2. The van der Waals surface area contributed by atoms with Crippen LogP contribution in [0.4, 0.5) is 4.79 Å². The zero-order valence-electron chi connectivity index (χ0n) is 34.4. The molecule has 55 heavy (non-hydrogen) atoms. The van der Waals surface area contributed by atoms with Crippen LogP contribution in [0.15, 0.2) is 35.9 Å². The molecule has 0 saturated carbocycles. The second-order valence-corrected chi connectivity index (χ2v) is 16.4. The first-order valence-electron chi connectivity index (χ1n) is 19.6. The number of hydrazine groups is 1. The van der Waals surface area contributed by atoms with Crippen LogP contribution in [-0.4, -0.2) is 130 Å². The Morgan fingerprint density at radius 1 is 1.11 bits per heavy atom. The fourth-order valence-corrected chi connectivity index (χ4v) is 8.95. The number of ether oxygens (including phenoxy) is 5. The van der Waals surface area contributed by atoms with Gasteiger partial charge in [0.25, 0.3) is 0 Å². The first-order chi connectivity index (χ1) is 25.9. The minimum absolute atomic E-state index is 0.120. The second kappa shape index (κ2) is 17.3. The lowest BCUT2D eigenvalue weighted by Gasteiger charge is -2.46. The molecule has 15 heteroatoms. The fourth-order valence-electron chi connectivity index (χ4n) is 8.95. The lowest BCUT2D eigenvalue weighted by molar-refractivity contribution is -0.294. The summed E-state index contributed by atoms with van der Waals surface area (Å²) in [5.41, 5.74) is 2.82. The number of aliphatic hydroxyl groups is 1. The Labute approximate surface area is 324 Å². The third-order valence-electron chi connectivity index (χ3n) is 11.9. The van der Waals surface area contributed by atoms with Crippen LogP contribution in [0.1, 0.15) is 81.1 Å². The van der Waals surface area contributed by atoms with Crippen LogP contribution in [0.5, 0.6) is 0 Å². The van der Waals surface area contributed by atoms with Crippen LogP contribution in [0.25, 0.3) is 11.0 Å². The van der Waals surface area contributed by atoms with Crippen LogP contribution in [0.2, 0.25) is 0 Å². The molecule has 306 valence electrons. The molecule has 4 heterocycles. The largest absolute Gasteiger partial charge is 0.455 e. The van der Waals surface area contributed by atoms with E-state index in [4.69, 9.17) is 23.7 Å². The highest BCUT2D eigenvalue weighted by Gasteiger charge is 2.60. The number of esters is 1. The van der Waals surface area contributed by atoms with E-state index in [9.17, 15) is 19.5 Å². The van der Waals surface area contributed by atoms with E-state index >= 15 is 0 Å². The van der Waals surface area contributed by atoms with Crippen molar-refractivity contribution in [3.63, 3.8) is 0 Å². The first kappa shape index (κ1) is 42.7. The Bertz CT molecular complexity index is 1700. The quantitative estimate of drug-likeness (QED) is 0.260. The maximum Gasteiger partial charge on any atom is 0.425 e. The molecule has 1 aromatic carbocycles. The van der Waals surface area contributed by atoms with Gasteiger partial charge in [-0.2, -0.15) is 0 Å². The van der Waals surface area contributed by atoms with Crippen LogP contribution >= 0.6 is 0 Å². The van der Waals surface area contributed by atoms with E-state index in [0.29, 0.717) is 37.9 Å². The van der Waals surface area contributed by atoms with Crippen molar-refractivity contribution in [2.24, 2.45) is 17.8 Å². The van der Waals surface area contributed by atoms with Crippen molar-refractivity contribution in [1.29, 1.82) is 0 Å². The lowest BCUT2D eigenvalue weighted by Crippen LogP contribution is -2.60. The summed E-state index contributed by atoms with van der Waals surface area (Å²) in [6.45, 7) is 15.6. The van der Waals surface area contributed by atoms with Gasteiger partial charge in [-0.05, 0) is 79.6 Å². The molecule has 1 aromatic heterocycles. The summed E-state index contributed by atoms with van der Waals surface area (Å²) in [4.78, 5) is 44.2. The molecule has 3 aliphatic rings. The number of nitrogens with zero attached hydrogens (tertiary/aromatic N) is 5. The van der Waals surface area contributed by atoms with Crippen molar-refractivity contribution >= 4 is 28.9 Å². The molecule has 0 spiro atoms. The van der Waals surface area contributed by atoms with Gasteiger partial charge < -0.3 is 33.7 Å². The summed E-state index contributed by atoms with van der Waals surface area (Å²) in [6.07, 6.45) is -0.870. The number of aliphatic hydroxyl groups excluding tert-OH is 1. The summed E-state index contributed by atoms with van der Waals surface area (Å²) in [7, 11) is 5.39. The van der Waals surface area contributed by atoms with Gasteiger partial charge in [0.1, 0.15) is 29.5 Å². The zero-order chi connectivity index (χ0) is 40.4. The molecule has 2 fully saturated rings. The number of ketones is 1. The van der Waals surface area contributed by atoms with Gasteiger partial charge >= 0.3 is 12.1 Å². The summed E-state index contributed by atoms with van der Waals surface area (Å²) in [5, 5.41) is 21.3. The Morgan fingerprint density at radius 3 is 2.49 bits per heavy atom. The van der Waals surface area contributed by atoms with Crippen molar-refractivity contribution in [3.8, 4) is 0 Å². The number of amides is 1. The number of carbonyl (C=O) groups is 3. The molecule has 2 aromatic rings. The van der Waals surface area contributed by atoms with E-state index in [2.05, 4.69) is 15.7 Å². The van der Waals surface area contributed by atoms with Gasteiger partial charge in [-0.1, -0.05) is 51.1 Å². The van der Waals surface area contributed by atoms with Crippen molar-refractivity contribution in [2.45, 2.75) is 142 Å². The summed E-state index contributed by atoms with van der Waals surface area (Å²) >= 11 is 0. The number of nitrogens with one attached hydrogen (secondary N) is 1. The molecule has 2 N–H and O–H groups in total. The highest BCUT2D eigenvalue weighted by atomic mass is 16.7. The van der Waals surface area contributed by atoms with E-state index in [0.717, 1.165) is 11.0 Å². The Kier molecular flexibility index (Phi) is 13.5. The second-order valence-electron chi connectivity index (χ2n) is 16.4. The van der Waals surface area contributed by atoms with Gasteiger partial charge in [-0.25, -0.2) is 24.7 Å². The smallest absolute Gasteiger partial charge is 0.425 e. The van der Waals surface area contributed by atoms with E-state index in [1.807, 2.05) is 82.6 Å². The van der Waals surface area contributed by atoms with E-state index < -0.39 is 71.7 Å². The number of likely N-dealkylation sites (N-methyl/N-ethyl adjacent to an activating group) is 1. The Morgan fingerprint density at radius 2 is 1.82 bits per heavy atom. The van der Waals surface area contributed by atoms with Crippen LogP contribution < -0.4 is 5.43 Å². The van der Waals surface area contributed by atoms with Gasteiger partial charge in [-0.3, -0.25) is 4.79 Å². The third-order valence-corrected chi connectivity index (χ3v) is 11.9. The standard InChI is InChI=1S/C40H62N6O9/c1-12-31-40(8)34(46(38(50)55-40)41-18-15-19-45-29-17-14-13-16-28(29)42-43-45)27(6)32(47)25(4)22-39(7,51-11)35(23(2)20-24(3)36(49)53-31)54-37-33(48)30(44(9)10)21-26(5)52-37/h13-14,16-17,20,23,25-27,30-31,33-35,37,41,48H,12,15,18-19,21-22H2,1-11H3/b24-20+/t23-,25+,26+,27-,30-,31+,33+,34+,35+,37-,39+,40+/m0/s1. The topological polar surface area (TPSA) is 167 Å². The van der Waals surface area contributed by atoms with E-state index in [1.54, 1.807) is 34.0 Å². The number of Topliss-reactive ketones (excluding diaryl/α,β-unsaturated/α-hetero) is 1. The average molecular weight is 771 g/mol. The molecule has 1 amide bonds. The average Bonchev–Trinajstić information content (AvgIpc) is 3.67. The molecule has 5 rings (SSSR count). The predicted octanol–water partition coefficient (Wildman–Crippen LogP) is 4.27. The SMILES string of the molecule is CC[C@H]1OC(=O)/C(C)=C/[C@H](C)[C@@H](O[C@@H]2O[C@H](C)C[C@H](N(C)C)[C@H]2O)[C@](C)(OC)C[C@@H](C)C(=O)[C@H](C)[C@H]2N(NCCCn3nnc4ccccc43)C(=O)O[C@]12C. The molecule has 12 atom stereocenters. The number of aryl methyl sites for hydroxylation is 1. The molecule has 0 aliphatic carbocycles. The van der Waals surface area contributed by atoms with Crippen LogP contribution in [-0.2, 0) is 39.8 Å². The van der Waals surface area contributed by atoms with E-state index in [-0.39, 0.29) is 24.3 Å². The third kappa shape index (κ3) is 8.76. The minimum atomic E-state index is -1.37. The number of aromatic nitrogens is 3. The van der Waals surface area contributed by atoms with Gasteiger partial charge in [0, 0.05) is 49.6 Å². The monoisotopic (exact) mass is 770 g/mol. The minimum Gasteiger partial charge on any atom is -0.455 e.